The first-order chi connectivity index (χ1) is 15.6. The lowest BCUT2D eigenvalue weighted by atomic mass is 10.2. The lowest BCUT2D eigenvalue weighted by molar-refractivity contribution is 0.269. The highest BCUT2D eigenvalue weighted by molar-refractivity contribution is 5.71. The van der Waals surface area contributed by atoms with Crippen molar-refractivity contribution < 1.29 is 13.9 Å². The molecular formula is C25H36FN5O2. The number of hydrogen-bond acceptors (Lipinski definition) is 7. The van der Waals surface area contributed by atoms with E-state index in [1.807, 2.05) is 63.1 Å². The maximum absolute atomic E-state index is 15.6. The second-order valence-corrected chi connectivity index (χ2v) is 7.45. The molecule has 1 heterocycles. The topological polar surface area (TPSA) is 53.4 Å². The molecule has 0 atom stereocenters. The molecule has 1 aromatic rings. The highest BCUT2D eigenvalue weighted by atomic mass is 19.1. The third-order valence-corrected chi connectivity index (χ3v) is 4.73. The number of aliphatic imine (C=N–C) groups is 1. The molecule has 0 spiro atoms. The Morgan fingerprint density at radius 2 is 1.85 bits per heavy atom. The number of aromatic nitrogens is 1. The summed E-state index contributed by atoms with van der Waals surface area (Å²) in [5, 5.41) is 0. The molecule has 1 rings (SSSR count). The van der Waals surface area contributed by atoms with Gasteiger partial charge in [-0.3, -0.25) is 4.99 Å². The number of halogens is 1. The summed E-state index contributed by atoms with van der Waals surface area (Å²) in [4.78, 5) is 14.8. The molecule has 0 radical (unpaired) electrons. The number of likely N-dealkylation sites (N-methyl/N-ethyl adjacent to an activating group) is 1. The maximum Gasteiger partial charge on any atom is 0.184 e. The second kappa shape index (κ2) is 13.1. The van der Waals surface area contributed by atoms with Crippen LogP contribution in [-0.2, 0) is 9.47 Å². The summed E-state index contributed by atoms with van der Waals surface area (Å²) < 4.78 is 26.0. The Morgan fingerprint density at radius 3 is 2.33 bits per heavy atom. The molecule has 0 N–H and O–H groups in total. The van der Waals surface area contributed by atoms with Gasteiger partial charge in [-0.05, 0) is 32.1 Å². The third kappa shape index (κ3) is 7.52. The monoisotopic (exact) mass is 457 g/mol. The van der Waals surface area contributed by atoms with Gasteiger partial charge >= 0.3 is 0 Å². The molecule has 0 aliphatic rings. The van der Waals surface area contributed by atoms with E-state index in [2.05, 4.69) is 18.2 Å². The van der Waals surface area contributed by atoms with E-state index in [0.717, 1.165) is 11.4 Å². The first-order valence-corrected chi connectivity index (χ1v) is 10.4. The number of allylic oxidation sites excluding steroid dienone is 5. The molecule has 0 fully saturated rings. The summed E-state index contributed by atoms with van der Waals surface area (Å²) in [5.74, 6) is 0.939. The van der Waals surface area contributed by atoms with Crippen LogP contribution in [0.2, 0.25) is 0 Å². The zero-order valence-electron chi connectivity index (χ0n) is 21.0. The molecule has 33 heavy (non-hydrogen) atoms. The largest absolute Gasteiger partial charge is 0.497 e. The van der Waals surface area contributed by atoms with E-state index < -0.39 is 5.83 Å². The van der Waals surface area contributed by atoms with Gasteiger partial charge in [-0.15, -0.1) is 0 Å². The lowest BCUT2D eigenvalue weighted by Gasteiger charge is -2.30. The van der Waals surface area contributed by atoms with Gasteiger partial charge in [0.15, 0.2) is 17.4 Å². The Hall–Kier alpha value is -3.55. The quantitative estimate of drug-likeness (QED) is 0.244. The minimum absolute atomic E-state index is 0.00323. The molecule has 0 saturated heterocycles. The third-order valence-electron chi connectivity index (χ3n) is 4.73. The minimum Gasteiger partial charge on any atom is -0.497 e. The first kappa shape index (κ1) is 27.5. The minimum atomic E-state index is -0.559. The van der Waals surface area contributed by atoms with Crippen LogP contribution >= 0.6 is 0 Å². The van der Waals surface area contributed by atoms with E-state index in [1.54, 1.807) is 24.1 Å². The Labute approximate surface area is 197 Å². The van der Waals surface area contributed by atoms with Gasteiger partial charge in [0, 0.05) is 46.2 Å². The van der Waals surface area contributed by atoms with Crippen LogP contribution in [0.1, 0.15) is 13.8 Å². The molecule has 1 aromatic heterocycles. The van der Waals surface area contributed by atoms with Crippen LogP contribution < -0.4 is 9.80 Å². The van der Waals surface area contributed by atoms with E-state index in [0.29, 0.717) is 23.9 Å². The summed E-state index contributed by atoms with van der Waals surface area (Å²) in [7, 11) is 10.5. The van der Waals surface area contributed by atoms with Gasteiger partial charge in [0.2, 0.25) is 0 Å². The normalized spacial score (nSPS) is 12.9. The number of rotatable bonds is 12. The fourth-order valence-electron chi connectivity index (χ4n) is 2.88. The fraction of sp³-hybridized carbons (Fsp3) is 0.360. The SMILES string of the molecule is C=C/C=C(/CN(/C(C)=C(F)/C(=C\C(=C)OC)OC)c1ccc(/N=C\C)c(N(C)C)n1)N(C)C. The Morgan fingerprint density at radius 1 is 1.18 bits per heavy atom. The summed E-state index contributed by atoms with van der Waals surface area (Å²) >= 11 is 0. The van der Waals surface area contributed by atoms with Gasteiger partial charge in [0.1, 0.15) is 17.3 Å². The Kier molecular flexibility index (Phi) is 10.9. The number of ether oxygens (including phenoxy) is 2. The van der Waals surface area contributed by atoms with Crippen molar-refractivity contribution in [2.45, 2.75) is 13.8 Å². The molecule has 0 aliphatic heterocycles. The second-order valence-electron chi connectivity index (χ2n) is 7.45. The van der Waals surface area contributed by atoms with Gasteiger partial charge in [-0.1, -0.05) is 19.2 Å². The number of hydrogen-bond donors (Lipinski definition) is 0. The van der Waals surface area contributed by atoms with Crippen molar-refractivity contribution in [1.29, 1.82) is 0 Å². The standard InChI is InChI=1S/C25H36FN5O2/c1-11-13-20(29(5)6)17-31(19(4)24(26)22(33-10)16-18(3)32-9)23-15-14-21(27-12-2)25(28-23)30(7)8/h11-16H,1,3,17H2,2,4-10H3/b20-13-,22-16+,24-19-,27-12-. The lowest BCUT2D eigenvalue weighted by Crippen LogP contribution is -2.30. The average Bonchev–Trinajstić information content (AvgIpc) is 2.79. The molecule has 180 valence electrons. The van der Waals surface area contributed by atoms with Crippen LogP contribution in [0.25, 0.3) is 0 Å². The van der Waals surface area contributed by atoms with Crippen LogP contribution in [0, 0.1) is 0 Å². The highest BCUT2D eigenvalue weighted by Crippen LogP contribution is 2.32. The fourth-order valence-corrected chi connectivity index (χ4v) is 2.88. The zero-order chi connectivity index (χ0) is 25.1. The van der Waals surface area contributed by atoms with Crippen LogP contribution in [0.15, 0.2) is 77.3 Å². The van der Waals surface area contributed by atoms with Crippen molar-refractivity contribution in [3.8, 4) is 0 Å². The van der Waals surface area contributed by atoms with Crippen LogP contribution in [-0.4, -0.2) is 65.1 Å². The van der Waals surface area contributed by atoms with E-state index in [1.165, 1.54) is 20.3 Å². The smallest absolute Gasteiger partial charge is 0.184 e. The molecular weight excluding hydrogens is 421 g/mol. The molecule has 0 bridgehead atoms. The molecule has 0 saturated carbocycles. The molecule has 0 aliphatic carbocycles. The van der Waals surface area contributed by atoms with Crippen LogP contribution in [0.3, 0.4) is 0 Å². The van der Waals surface area contributed by atoms with Gasteiger partial charge in [-0.25, -0.2) is 9.37 Å². The van der Waals surface area contributed by atoms with E-state index in [-0.39, 0.29) is 11.5 Å². The van der Waals surface area contributed by atoms with Crippen molar-refractivity contribution in [1.82, 2.24) is 9.88 Å². The van der Waals surface area contributed by atoms with Gasteiger partial charge in [0.25, 0.3) is 0 Å². The molecule has 0 unspecified atom stereocenters. The summed E-state index contributed by atoms with van der Waals surface area (Å²) in [6, 6.07) is 3.68. The van der Waals surface area contributed by atoms with Crippen LogP contribution in [0.5, 0.6) is 0 Å². The van der Waals surface area contributed by atoms with E-state index in [9.17, 15) is 0 Å². The maximum atomic E-state index is 15.6. The predicted molar refractivity (Wildman–Crippen MR) is 137 cm³/mol. The summed E-state index contributed by atoms with van der Waals surface area (Å²) in [6.45, 7) is 11.4. The van der Waals surface area contributed by atoms with Crippen molar-refractivity contribution in [2.24, 2.45) is 4.99 Å². The van der Waals surface area contributed by atoms with Crippen molar-refractivity contribution in [3.05, 3.63) is 72.3 Å². The zero-order valence-corrected chi connectivity index (χ0v) is 21.0. The summed E-state index contributed by atoms with van der Waals surface area (Å²) in [6.07, 6.45) is 6.69. The number of pyridine rings is 1. The molecule has 0 amide bonds. The van der Waals surface area contributed by atoms with Crippen molar-refractivity contribution in [3.63, 3.8) is 0 Å². The van der Waals surface area contributed by atoms with Crippen molar-refractivity contribution in [2.75, 3.05) is 58.8 Å². The van der Waals surface area contributed by atoms with Gasteiger partial charge in [-0.2, -0.15) is 0 Å². The predicted octanol–water partition coefficient (Wildman–Crippen LogP) is 5.20. The molecule has 0 aromatic carbocycles. The Bertz CT molecular complexity index is 962. The number of nitrogens with zero attached hydrogens (tertiary/aromatic N) is 5. The van der Waals surface area contributed by atoms with Gasteiger partial charge < -0.3 is 24.2 Å². The molecule has 8 heteroatoms. The first-order valence-electron chi connectivity index (χ1n) is 10.4. The van der Waals surface area contributed by atoms with E-state index in [4.69, 9.17) is 14.5 Å². The number of methoxy groups -OCH3 is 2. The Balaban J connectivity index is 3.76. The van der Waals surface area contributed by atoms with Crippen molar-refractivity contribution >= 4 is 23.5 Å². The van der Waals surface area contributed by atoms with Gasteiger partial charge in [0.05, 0.1) is 26.5 Å². The van der Waals surface area contributed by atoms with E-state index >= 15 is 4.39 Å². The summed E-state index contributed by atoms with van der Waals surface area (Å²) in [5.41, 5.74) is 1.94. The molecule has 7 nitrogen and oxygen atoms in total. The number of anilines is 2. The van der Waals surface area contributed by atoms with Crippen LogP contribution in [0.4, 0.5) is 21.7 Å². The highest BCUT2D eigenvalue weighted by Gasteiger charge is 2.21. The average molecular weight is 458 g/mol.